The van der Waals surface area contributed by atoms with Crippen LogP contribution in [-0.4, -0.2) is 6.04 Å². The van der Waals surface area contributed by atoms with Gasteiger partial charge in [-0.1, -0.05) is 32.6 Å². The second-order valence-corrected chi connectivity index (χ2v) is 2.58. The van der Waals surface area contributed by atoms with Crippen molar-refractivity contribution in [2.45, 2.75) is 45.1 Å². The van der Waals surface area contributed by atoms with Crippen molar-refractivity contribution in [1.82, 2.24) is 0 Å². The van der Waals surface area contributed by atoms with Crippen LogP contribution in [0.25, 0.3) is 0 Å². The van der Waals surface area contributed by atoms with Crippen LogP contribution < -0.4 is 5.73 Å². The van der Waals surface area contributed by atoms with E-state index < -0.39 is 0 Å². The molecule has 0 aromatic rings. The summed E-state index contributed by atoms with van der Waals surface area (Å²) < 4.78 is 0. The summed E-state index contributed by atoms with van der Waals surface area (Å²) in [6.07, 6.45) is 5.67. The Labute approximate surface area is 63.0 Å². The lowest BCUT2D eigenvalue weighted by atomic mass is 10.1. The molecule has 0 aliphatic heterocycles. The molecule has 58 valence electrons. The van der Waals surface area contributed by atoms with Crippen molar-refractivity contribution < 1.29 is 0 Å². The SMILES string of the molecule is CCCCCCC(N)C#N. The van der Waals surface area contributed by atoms with E-state index in [4.69, 9.17) is 11.0 Å². The highest BCUT2D eigenvalue weighted by molar-refractivity contribution is 4.85. The molecule has 2 nitrogen and oxygen atoms in total. The Bertz CT molecular complexity index is 104. The maximum atomic E-state index is 8.32. The van der Waals surface area contributed by atoms with E-state index in [1.807, 2.05) is 6.07 Å². The van der Waals surface area contributed by atoms with Gasteiger partial charge < -0.3 is 5.73 Å². The molecule has 0 aromatic heterocycles. The second kappa shape index (κ2) is 6.57. The number of nitriles is 1. The van der Waals surface area contributed by atoms with Crippen molar-refractivity contribution in [3.8, 4) is 6.07 Å². The summed E-state index contributed by atoms with van der Waals surface area (Å²) in [5.41, 5.74) is 5.39. The van der Waals surface area contributed by atoms with Gasteiger partial charge in [-0.2, -0.15) is 5.26 Å². The van der Waals surface area contributed by atoms with Gasteiger partial charge in [-0.15, -0.1) is 0 Å². The Morgan fingerprint density at radius 1 is 1.40 bits per heavy atom. The van der Waals surface area contributed by atoms with Gasteiger partial charge in [0.15, 0.2) is 0 Å². The van der Waals surface area contributed by atoms with E-state index in [-0.39, 0.29) is 6.04 Å². The Hall–Kier alpha value is -0.550. The Balaban J connectivity index is 2.98. The van der Waals surface area contributed by atoms with Crippen LogP contribution in [0.3, 0.4) is 0 Å². The van der Waals surface area contributed by atoms with Crippen molar-refractivity contribution >= 4 is 0 Å². The molecule has 0 radical (unpaired) electrons. The molecule has 1 unspecified atom stereocenters. The molecule has 0 amide bonds. The minimum absolute atomic E-state index is 0.239. The normalized spacial score (nSPS) is 12.5. The minimum Gasteiger partial charge on any atom is -0.316 e. The van der Waals surface area contributed by atoms with Gasteiger partial charge in [-0.25, -0.2) is 0 Å². The molecule has 0 bridgehead atoms. The Morgan fingerprint density at radius 2 is 2.10 bits per heavy atom. The highest BCUT2D eigenvalue weighted by Gasteiger charge is 1.97. The van der Waals surface area contributed by atoms with Crippen LogP contribution in [0.15, 0.2) is 0 Å². The Morgan fingerprint density at radius 3 is 2.60 bits per heavy atom. The van der Waals surface area contributed by atoms with Crippen LogP contribution >= 0.6 is 0 Å². The lowest BCUT2D eigenvalue weighted by molar-refractivity contribution is 0.604. The van der Waals surface area contributed by atoms with Gasteiger partial charge in [0.25, 0.3) is 0 Å². The summed E-state index contributed by atoms with van der Waals surface area (Å²) in [6.45, 7) is 2.17. The van der Waals surface area contributed by atoms with E-state index in [9.17, 15) is 0 Å². The van der Waals surface area contributed by atoms with Crippen LogP contribution in [0.2, 0.25) is 0 Å². The fraction of sp³-hybridized carbons (Fsp3) is 0.875. The molecule has 0 aromatic carbocycles. The standard InChI is InChI=1S/C8H16N2/c1-2-3-4-5-6-8(10)7-9/h8H,2-6,10H2,1H3. The average Bonchev–Trinajstić information content (AvgIpc) is 1.98. The van der Waals surface area contributed by atoms with Crippen molar-refractivity contribution in [3.63, 3.8) is 0 Å². The number of rotatable bonds is 5. The fourth-order valence-corrected chi connectivity index (χ4v) is 0.856. The topological polar surface area (TPSA) is 49.8 Å². The van der Waals surface area contributed by atoms with Crippen LogP contribution in [0.5, 0.6) is 0 Å². The summed E-state index contributed by atoms with van der Waals surface area (Å²) >= 11 is 0. The van der Waals surface area contributed by atoms with E-state index in [0.717, 1.165) is 12.8 Å². The molecule has 1 atom stereocenters. The van der Waals surface area contributed by atoms with Gasteiger partial charge in [-0.3, -0.25) is 0 Å². The molecule has 0 saturated carbocycles. The maximum absolute atomic E-state index is 8.32. The number of nitrogens with two attached hydrogens (primary N) is 1. The van der Waals surface area contributed by atoms with Crippen LogP contribution in [0.4, 0.5) is 0 Å². The smallest absolute Gasteiger partial charge is 0.0928 e. The van der Waals surface area contributed by atoms with E-state index in [0.29, 0.717) is 0 Å². The van der Waals surface area contributed by atoms with Crippen molar-refractivity contribution in [2.75, 3.05) is 0 Å². The third kappa shape index (κ3) is 5.58. The molecule has 0 heterocycles. The van der Waals surface area contributed by atoms with Gasteiger partial charge in [0.1, 0.15) is 0 Å². The molecule has 2 N–H and O–H groups in total. The van der Waals surface area contributed by atoms with Gasteiger partial charge in [0.05, 0.1) is 12.1 Å². The summed E-state index contributed by atoms with van der Waals surface area (Å²) in [5.74, 6) is 0. The van der Waals surface area contributed by atoms with Gasteiger partial charge >= 0.3 is 0 Å². The first-order valence-corrected chi connectivity index (χ1v) is 3.96. The van der Waals surface area contributed by atoms with Crippen LogP contribution in [-0.2, 0) is 0 Å². The number of hydrogen-bond donors (Lipinski definition) is 1. The monoisotopic (exact) mass is 140 g/mol. The van der Waals surface area contributed by atoms with Crippen LogP contribution in [0, 0.1) is 11.3 Å². The van der Waals surface area contributed by atoms with Crippen molar-refractivity contribution in [1.29, 1.82) is 5.26 Å². The zero-order valence-electron chi connectivity index (χ0n) is 6.64. The van der Waals surface area contributed by atoms with Gasteiger partial charge in [0.2, 0.25) is 0 Å². The Kier molecular flexibility index (Phi) is 6.21. The number of unbranched alkanes of at least 4 members (excludes halogenated alkanes) is 3. The maximum Gasteiger partial charge on any atom is 0.0928 e. The fourth-order valence-electron chi connectivity index (χ4n) is 0.856. The highest BCUT2D eigenvalue weighted by Crippen LogP contribution is 2.03. The largest absolute Gasteiger partial charge is 0.316 e. The number of nitrogens with zero attached hydrogens (tertiary/aromatic N) is 1. The molecule has 0 saturated heterocycles. The summed E-state index contributed by atoms with van der Waals surface area (Å²) in [4.78, 5) is 0. The number of hydrogen-bond acceptors (Lipinski definition) is 2. The zero-order chi connectivity index (χ0) is 7.82. The third-order valence-corrected chi connectivity index (χ3v) is 1.53. The molecule has 0 aliphatic carbocycles. The molecule has 0 rings (SSSR count). The highest BCUT2D eigenvalue weighted by atomic mass is 14.6. The van der Waals surface area contributed by atoms with Crippen molar-refractivity contribution in [3.05, 3.63) is 0 Å². The molecule has 0 spiro atoms. The predicted molar refractivity (Wildman–Crippen MR) is 42.3 cm³/mol. The second-order valence-electron chi connectivity index (χ2n) is 2.58. The summed E-state index contributed by atoms with van der Waals surface area (Å²) in [5, 5.41) is 8.32. The molecule has 2 heteroatoms. The van der Waals surface area contributed by atoms with Crippen LogP contribution in [0.1, 0.15) is 39.0 Å². The predicted octanol–water partition coefficient (Wildman–Crippen LogP) is 1.81. The van der Waals surface area contributed by atoms with Gasteiger partial charge in [0, 0.05) is 0 Å². The van der Waals surface area contributed by atoms with Gasteiger partial charge in [-0.05, 0) is 6.42 Å². The lowest BCUT2D eigenvalue weighted by Crippen LogP contribution is -2.16. The first-order chi connectivity index (χ1) is 4.81. The molecule has 0 fully saturated rings. The minimum atomic E-state index is -0.239. The zero-order valence-corrected chi connectivity index (χ0v) is 6.64. The third-order valence-electron chi connectivity index (χ3n) is 1.53. The average molecular weight is 140 g/mol. The molecule has 10 heavy (non-hydrogen) atoms. The first kappa shape index (κ1) is 9.45. The summed E-state index contributed by atoms with van der Waals surface area (Å²) in [7, 11) is 0. The van der Waals surface area contributed by atoms with E-state index in [2.05, 4.69) is 6.92 Å². The quantitative estimate of drug-likeness (QED) is 0.592. The molecular weight excluding hydrogens is 124 g/mol. The first-order valence-electron chi connectivity index (χ1n) is 3.96. The molecule has 0 aliphatic rings. The van der Waals surface area contributed by atoms with E-state index in [1.165, 1.54) is 19.3 Å². The summed E-state index contributed by atoms with van der Waals surface area (Å²) in [6, 6.07) is 1.78. The van der Waals surface area contributed by atoms with Crippen molar-refractivity contribution in [2.24, 2.45) is 5.73 Å². The van der Waals surface area contributed by atoms with E-state index in [1.54, 1.807) is 0 Å². The van der Waals surface area contributed by atoms with E-state index >= 15 is 0 Å². The molecular formula is C8H16N2. The lowest BCUT2D eigenvalue weighted by Gasteiger charge is -2.00.